The molecular formula is C13H20N2O. The maximum atomic E-state index is 5.71. The molecule has 0 spiro atoms. The van der Waals surface area contributed by atoms with Gasteiger partial charge in [0.25, 0.3) is 0 Å². The van der Waals surface area contributed by atoms with Crippen molar-refractivity contribution in [2.24, 2.45) is 11.7 Å². The topological polar surface area (TPSA) is 47.3 Å². The van der Waals surface area contributed by atoms with E-state index >= 15 is 0 Å². The zero-order valence-electron chi connectivity index (χ0n) is 9.78. The molecule has 0 amide bonds. The van der Waals surface area contributed by atoms with Gasteiger partial charge >= 0.3 is 0 Å². The van der Waals surface area contributed by atoms with E-state index in [1.165, 1.54) is 5.56 Å². The third-order valence-corrected chi connectivity index (χ3v) is 3.07. The molecule has 2 rings (SSSR count). The number of nitrogens with two attached hydrogens (primary N) is 1. The minimum Gasteiger partial charge on any atom is -0.493 e. The monoisotopic (exact) mass is 220 g/mol. The summed E-state index contributed by atoms with van der Waals surface area (Å²) < 4.78 is 5.71. The minimum atomic E-state index is 0.400. The highest BCUT2D eigenvalue weighted by atomic mass is 16.5. The van der Waals surface area contributed by atoms with E-state index in [2.05, 4.69) is 24.4 Å². The van der Waals surface area contributed by atoms with Gasteiger partial charge in [0.05, 0.1) is 6.61 Å². The van der Waals surface area contributed by atoms with Crippen molar-refractivity contribution in [1.29, 1.82) is 0 Å². The number of hydrogen-bond donors (Lipinski definition) is 2. The van der Waals surface area contributed by atoms with Gasteiger partial charge in [0.2, 0.25) is 0 Å². The third-order valence-electron chi connectivity index (χ3n) is 3.07. The molecule has 0 bridgehead atoms. The Labute approximate surface area is 97.0 Å². The average Bonchev–Trinajstić information content (AvgIpc) is 2.32. The molecule has 1 aromatic rings. The van der Waals surface area contributed by atoms with E-state index in [9.17, 15) is 0 Å². The molecule has 1 aliphatic rings. The van der Waals surface area contributed by atoms with Gasteiger partial charge in [-0.05, 0) is 25.6 Å². The summed E-state index contributed by atoms with van der Waals surface area (Å²) in [5, 5.41) is 3.57. The molecule has 1 aromatic carbocycles. The lowest BCUT2D eigenvalue weighted by Crippen LogP contribution is -2.34. The van der Waals surface area contributed by atoms with E-state index in [4.69, 9.17) is 10.5 Å². The number of benzene rings is 1. The summed E-state index contributed by atoms with van der Waals surface area (Å²) in [5.41, 5.74) is 6.78. The number of rotatable bonds is 4. The van der Waals surface area contributed by atoms with Crippen LogP contribution in [-0.2, 0) is 0 Å². The van der Waals surface area contributed by atoms with Crippen molar-refractivity contribution in [3.05, 3.63) is 29.8 Å². The molecule has 0 saturated heterocycles. The van der Waals surface area contributed by atoms with Crippen LogP contribution in [0.4, 0.5) is 0 Å². The first-order chi connectivity index (χ1) is 7.83. The smallest absolute Gasteiger partial charge is 0.124 e. The van der Waals surface area contributed by atoms with Crippen molar-refractivity contribution < 1.29 is 4.74 Å². The Morgan fingerprint density at radius 2 is 2.25 bits per heavy atom. The molecule has 3 nitrogen and oxygen atoms in total. The maximum Gasteiger partial charge on any atom is 0.124 e. The Morgan fingerprint density at radius 1 is 1.44 bits per heavy atom. The highest BCUT2D eigenvalue weighted by molar-refractivity contribution is 5.37. The SMILES string of the molecule is CC1COc2ccccc2C1NCCCN. The second-order valence-corrected chi connectivity index (χ2v) is 4.40. The number of ether oxygens (including phenoxy) is 1. The van der Waals surface area contributed by atoms with Crippen LogP contribution in [-0.4, -0.2) is 19.7 Å². The van der Waals surface area contributed by atoms with Crippen LogP contribution in [0.5, 0.6) is 5.75 Å². The van der Waals surface area contributed by atoms with Gasteiger partial charge in [-0.3, -0.25) is 0 Å². The van der Waals surface area contributed by atoms with E-state index in [0.29, 0.717) is 12.0 Å². The van der Waals surface area contributed by atoms with Gasteiger partial charge in [-0.1, -0.05) is 25.1 Å². The molecule has 0 saturated carbocycles. The largest absolute Gasteiger partial charge is 0.493 e. The predicted molar refractivity (Wildman–Crippen MR) is 65.5 cm³/mol. The first kappa shape index (κ1) is 11.4. The third kappa shape index (κ3) is 2.36. The van der Waals surface area contributed by atoms with Crippen molar-refractivity contribution in [2.75, 3.05) is 19.7 Å². The molecule has 88 valence electrons. The van der Waals surface area contributed by atoms with Crippen molar-refractivity contribution >= 4 is 0 Å². The van der Waals surface area contributed by atoms with Gasteiger partial charge in [-0.2, -0.15) is 0 Å². The van der Waals surface area contributed by atoms with Gasteiger partial charge in [0.1, 0.15) is 5.75 Å². The Balaban J connectivity index is 2.10. The Morgan fingerprint density at radius 3 is 3.06 bits per heavy atom. The summed E-state index contributed by atoms with van der Waals surface area (Å²) >= 11 is 0. The molecule has 0 aromatic heterocycles. The molecule has 0 fully saturated rings. The van der Waals surface area contributed by atoms with Crippen LogP contribution in [0.2, 0.25) is 0 Å². The van der Waals surface area contributed by atoms with Crippen LogP contribution < -0.4 is 15.8 Å². The summed E-state index contributed by atoms with van der Waals surface area (Å²) in [6.07, 6.45) is 1.02. The fourth-order valence-electron chi connectivity index (χ4n) is 2.16. The van der Waals surface area contributed by atoms with E-state index in [-0.39, 0.29) is 0 Å². The summed E-state index contributed by atoms with van der Waals surface area (Å²) in [4.78, 5) is 0. The first-order valence-corrected chi connectivity index (χ1v) is 5.98. The highest BCUT2D eigenvalue weighted by Gasteiger charge is 2.26. The summed E-state index contributed by atoms with van der Waals surface area (Å²) in [6, 6.07) is 8.67. The molecule has 1 aliphatic heterocycles. The van der Waals surface area contributed by atoms with Gasteiger partial charge in [0, 0.05) is 17.5 Å². The quantitative estimate of drug-likeness (QED) is 0.759. The lowest BCUT2D eigenvalue weighted by Gasteiger charge is -2.32. The van der Waals surface area contributed by atoms with E-state index in [0.717, 1.165) is 31.9 Å². The van der Waals surface area contributed by atoms with Crippen LogP contribution in [0, 0.1) is 5.92 Å². The van der Waals surface area contributed by atoms with Gasteiger partial charge < -0.3 is 15.8 Å². The molecule has 3 heteroatoms. The molecule has 0 radical (unpaired) electrons. The van der Waals surface area contributed by atoms with Crippen LogP contribution in [0.15, 0.2) is 24.3 Å². The van der Waals surface area contributed by atoms with Crippen molar-refractivity contribution in [2.45, 2.75) is 19.4 Å². The molecule has 3 N–H and O–H groups in total. The lowest BCUT2D eigenvalue weighted by molar-refractivity contribution is 0.188. The average molecular weight is 220 g/mol. The minimum absolute atomic E-state index is 0.400. The predicted octanol–water partition coefficient (Wildman–Crippen LogP) is 1.69. The van der Waals surface area contributed by atoms with Crippen LogP contribution >= 0.6 is 0 Å². The Hall–Kier alpha value is -1.06. The zero-order chi connectivity index (χ0) is 11.4. The van der Waals surface area contributed by atoms with Crippen molar-refractivity contribution in [3.8, 4) is 5.75 Å². The molecule has 16 heavy (non-hydrogen) atoms. The van der Waals surface area contributed by atoms with E-state index in [1.54, 1.807) is 0 Å². The zero-order valence-corrected chi connectivity index (χ0v) is 9.78. The normalized spacial score (nSPS) is 23.6. The summed E-state index contributed by atoms with van der Waals surface area (Å²) in [6.45, 7) is 4.72. The second kappa shape index (κ2) is 5.32. The van der Waals surface area contributed by atoms with Crippen molar-refractivity contribution in [3.63, 3.8) is 0 Å². The molecule has 2 unspecified atom stereocenters. The number of para-hydroxylation sites is 1. The van der Waals surface area contributed by atoms with E-state index in [1.807, 2.05) is 12.1 Å². The fraction of sp³-hybridized carbons (Fsp3) is 0.538. The number of nitrogens with one attached hydrogen (secondary N) is 1. The van der Waals surface area contributed by atoms with Gasteiger partial charge in [-0.15, -0.1) is 0 Å². The van der Waals surface area contributed by atoms with Gasteiger partial charge in [-0.25, -0.2) is 0 Å². The lowest BCUT2D eigenvalue weighted by atomic mass is 9.92. The summed E-state index contributed by atoms with van der Waals surface area (Å²) in [5.74, 6) is 1.53. The summed E-state index contributed by atoms with van der Waals surface area (Å²) in [7, 11) is 0. The molecular weight excluding hydrogens is 200 g/mol. The molecule has 2 atom stereocenters. The van der Waals surface area contributed by atoms with Crippen LogP contribution in [0.3, 0.4) is 0 Å². The van der Waals surface area contributed by atoms with Crippen LogP contribution in [0.25, 0.3) is 0 Å². The first-order valence-electron chi connectivity index (χ1n) is 5.98. The van der Waals surface area contributed by atoms with E-state index < -0.39 is 0 Å². The Bertz CT molecular complexity index is 340. The standard InChI is InChI=1S/C13H20N2O/c1-10-9-16-12-6-3-2-5-11(12)13(10)15-8-4-7-14/h2-3,5-6,10,13,15H,4,7-9,14H2,1H3. The fourth-order valence-corrected chi connectivity index (χ4v) is 2.16. The number of fused-ring (bicyclic) bond motifs is 1. The second-order valence-electron chi connectivity index (χ2n) is 4.40. The molecule has 1 heterocycles. The van der Waals surface area contributed by atoms with Gasteiger partial charge in [0.15, 0.2) is 0 Å². The number of hydrogen-bond acceptors (Lipinski definition) is 3. The maximum absolute atomic E-state index is 5.71. The van der Waals surface area contributed by atoms with Crippen molar-refractivity contribution in [1.82, 2.24) is 5.32 Å². The molecule has 0 aliphatic carbocycles. The van der Waals surface area contributed by atoms with Crippen LogP contribution in [0.1, 0.15) is 24.9 Å². The highest BCUT2D eigenvalue weighted by Crippen LogP contribution is 2.34. The Kier molecular flexibility index (Phi) is 3.80.